The van der Waals surface area contributed by atoms with Crippen LogP contribution in [0.1, 0.15) is 47.8 Å². The number of sulfonamides is 1. The van der Waals surface area contributed by atoms with Gasteiger partial charge in [-0.25, -0.2) is 23.1 Å². The average molecular weight is 585 g/mol. The Morgan fingerprint density at radius 1 is 1.15 bits per heavy atom. The molecule has 11 nitrogen and oxygen atoms in total. The molecule has 6 rings (SSSR count). The van der Waals surface area contributed by atoms with Crippen molar-refractivity contribution in [2.75, 3.05) is 23.8 Å². The van der Waals surface area contributed by atoms with Crippen molar-refractivity contribution in [3.05, 3.63) is 47.2 Å². The number of carbonyl (C=O) groups excluding carboxylic acids is 1. The molecule has 0 bridgehead atoms. The molecular weight excluding hydrogens is 552 g/mol. The smallest absolute Gasteiger partial charge is 0.256 e. The van der Waals surface area contributed by atoms with E-state index in [0.717, 1.165) is 17.7 Å². The van der Waals surface area contributed by atoms with Crippen LogP contribution in [0.5, 0.6) is 0 Å². The van der Waals surface area contributed by atoms with Crippen molar-refractivity contribution in [3.8, 4) is 10.4 Å². The van der Waals surface area contributed by atoms with Gasteiger partial charge in [0.15, 0.2) is 11.4 Å². The number of carbonyl (C=O) groups is 1. The molecule has 212 valence electrons. The van der Waals surface area contributed by atoms with Crippen LogP contribution in [-0.2, 0) is 16.6 Å². The number of nitrogens with zero attached hydrogens (tertiary/aromatic N) is 4. The lowest BCUT2D eigenvalue weighted by Gasteiger charge is -2.24. The third kappa shape index (κ3) is 4.75. The largest absolute Gasteiger partial charge is 0.388 e. The summed E-state index contributed by atoms with van der Waals surface area (Å²) in [5.41, 5.74) is 2.34. The van der Waals surface area contributed by atoms with Crippen molar-refractivity contribution in [1.82, 2.24) is 19.6 Å². The van der Waals surface area contributed by atoms with Crippen molar-refractivity contribution < 1.29 is 23.4 Å². The van der Waals surface area contributed by atoms with Gasteiger partial charge in [0.25, 0.3) is 5.91 Å². The van der Waals surface area contributed by atoms with Gasteiger partial charge < -0.3 is 25.3 Å². The van der Waals surface area contributed by atoms with Gasteiger partial charge in [-0.1, -0.05) is 17.4 Å². The monoisotopic (exact) mass is 584 g/mol. The Labute approximate surface area is 236 Å². The molecule has 3 aromatic rings. The molecule has 3 aliphatic rings. The second-order valence-electron chi connectivity index (χ2n) is 10.6. The minimum absolute atomic E-state index is 0.0129. The summed E-state index contributed by atoms with van der Waals surface area (Å²) in [5, 5.41) is 23.9. The van der Waals surface area contributed by atoms with Crippen LogP contribution in [0, 0.1) is 12.8 Å². The third-order valence-corrected chi connectivity index (χ3v) is 10.6. The van der Waals surface area contributed by atoms with E-state index >= 15 is 0 Å². The van der Waals surface area contributed by atoms with E-state index in [9.17, 15) is 23.4 Å². The zero-order valence-electron chi connectivity index (χ0n) is 22.5. The average Bonchev–Trinajstić information content (AvgIpc) is 3.55. The Kier molecular flexibility index (Phi) is 6.82. The topological polar surface area (TPSA) is 148 Å². The highest BCUT2D eigenvalue weighted by Gasteiger charge is 2.41. The van der Waals surface area contributed by atoms with E-state index in [0.29, 0.717) is 59.0 Å². The van der Waals surface area contributed by atoms with Crippen LogP contribution in [0.4, 0.5) is 16.8 Å². The Bertz CT molecular complexity index is 1590. The molecule has 1 saturated carbocycles. The Hall–Kier alpha value is -3.10. The summed E-state index contributed by atoms with van der Waals surface area (Å²) in [7, 11) is -2.55. The van der Waals surface area contributed by atoms with Gasteiger partial charge in [0, 0.05) is 19.1 Å². The first-order valence-corrected chi connectivity index (χ1v) is 15.6. The SMILES string of the molecule is CNS(=O)(=O)c1cc(-c2sc(Nc3cccc(N4CC[C@H](O)C4O)n3)nc2C)cc2c1C(=O)N([C@@H](C)C1CC1)C2. The van der Waals surface area contributed by atoms with Crippen LogP contribution in [-0.4, -0.2) is 71.4 Å². The fourth-order valence-electron chi connectivity index (χ4n) is 5.55. The molecule has 2 fully saturated rings. The molecule has 2 aliphatic heterocycles. The van der Waals surface area contributed by atoms with Gasteiger partial charge in [-0.15, -0.1) is 0 Å². The first-order chi connectivity index (χ1) is 19.1. The summed E-state index contributed by atoms with van der Waals surface area (Å²) in [5.74, 6) is 1.29. The lowest BCUT2D eigenvalue weighted by molar-refractivity contribution is 0.0446. The number of aliphatic hydroxyl groups excluding tert-OH is 2. The number of nitrogens with one attached hydrogen (secondary N) is 2. The molecule has 4 heterocycles. The van der Waals surface area contributed by atoms with Crippen molar-refractivity contribution in [2.45, 2.75) is 62.9 Å². The molecule has 1 amide bonds. The molecule has 1 aliphatic carbocycles. The Balaban J connectivity index is 1.32. The van der Waals surface area contributed by atoms with Crippen LogP contribution in [0.3, 0.4) is 0 Å². The maximum Gasteiger partial charge on any atom is 0.256 e. The highest BCUT2D eigenvalue weighted by Crippen LogP contribution is 2.42. The molecule has 0 spiro atoms. The molecule has 3 atom stereocenters. The van der Waals surface area contributed by atoms with Gasteiger partial charge in [0.1, 0.15) is 17.7 Å². The number of hydrogen-bond acceptors (Lipinski definition) is 10. The predicted octanol–water partition coefficient (Wildman–Crippen LogP) is 2.81. The van der Waals surface area contributed by atoms with Crippen LogP contribution < -0.4 is 14.9 Å². The number of thiazole rings is 1. The highest BCUT2D eigenvalue weighted by atomic mass is 32.2. The van der Waals surface area contributed by atoms with E-state index < -0.39 is 22.4 Å². The summed E-state index contributed by atoms with van der Waals surface area (Å²) in [6.07, 6.45) is 0.815. The van der Waals surface area contributed by atoms with Crippen molar-refractivity contribution >= 4 is 44.0 Å². The number of aromatic nitrogens is 2. The van der Waals surface area contributed by atoms with Crippen molar-refractivity contribution in [1.29, 1.82) is 0 Å². The number of rotatable bonds is 8. The quantitative estimate of drug-likeness (QED) is 0.314. The number of pyridine rings is 1. The summed E-state index contributed by atoms with van der Waals surface area (Å²) >= 11 is 1.36. The van der Waals surface area contributed by atoms with E-state index in [4.69, 9.17) is 0 Å². The van der Waals surface area contributed by atoms with E-state index in [1.165, 1.54) is 18.4 Å². The number of anilines is 3. The number of hydrogen-bond donors (Lipinski definition) is 4. The second-order valence-corrected chi connectivity index (χ2v) is 13.5. The zero-order valence-corrected chi connectivity index (χ0v) is 24.1. The fourth-order valence-corrected chi connectivity index (χ4v) is 7.49. The number of amides is 1. The van der Waals surface area contributed by atoms with Gasteiger partial charge in [0.05, 0.1) is 21.0 Å². The van der Waals surface area contributed by atoms with E-state index in [1.807, 2.05) is 26.0 Å². The van der Waals surface area contributed by atoms with Crippen molar-refractivity contribution in [2.24, 2.45) is 5.92 Å². The molecule has 2 aromatic heterocycles. The molecule has 13 heteroatoms. The number of aryl methyl sites for hydroxylation is 1. The molecule has 40 heavy (non-hydrogen) atoms. The van der Waals surface area contributed by atoms with E-state index in [2.05, 4.69) is 20.0 Å². The Morgan fingerprint density at radius 3 is 2.60 bits per heavy atom. The Morgan fingerprint density at radius 2 is 1.93 bits per heavy atom. The second kappa shape index (κ2) is 10.1. The van der Waals surface area contributed by atoms with Gasteiger partial charge in [-0.05, 0) is 81.5 Å². The van der Waals surface area contributed by atoms with E-state index in [1.54, 1.807) is 28.0 Å². The van der Waals surface area contributed by atoms with Crippen LogP contribution in [0.2, 0.25) is 0 Å². The maximum atomic E-state index is 13.4. The normalized spacial score (nSPS) is 21.7. The first-order valence-electron chi connectivity index (χ1n) is 13.3. The molecule has 4 N–H and O–H groups in total. The summed E-state index contributed by atoms with van der Waals surface area (Å²) in [6, 6.07) is 8.90. The number of fused-ring (bicyclic) bond motifs is 1. The lowest BCUT2D eigenvalue weighted by atomic mass is 10.0. The minimum atomic E-state index is -3.90. The van der Waals surface area contributed by atoms with Crippen molar-refractivity contribution in [3.63, 3.8) is 0 Å². The molecule has 1 aromatic carbocycles. The maximum absolute atomic E-state index is 13.4. The van der Waals surface area contributed by atoms with Gasteiger partial charge in [-0.2, -0.15) is 0 Å². The number of aliphatic hydroxyl groups is 2. The van der Waals surface area contributed by atoms with Crippen LogP contribution >= 0.6 is 11.3 Å². The predicted molar refractivity (Wildman–Crippen MR) is 152 cm³/mol. The minimum Gasteiger partial charge on any atom is -0.388 e. The van der Waals surface area contributed by atoms with Gasteiger partial charge >= 0.3 is 0 Å². The molecular formula is C27H32N6O5S2. The summed E-state index contributed by atoms with van der Waals surface area (Å²) < 4.78 is 28.5. The summed E-state index contributed by atoms with van der Waals surface area (Å²) in [4.78, 5) is 26.9. The first kappa shape index (κ1) is 27.1. The third-order valence-electron chi connectivity index (χ3n) is 8.01. The standard InChI is InChI=1S/C27H32N6O5S2/c1-14-24(39-27(29-14)31-21-5-4-6-22(30-21)32-10-9-19(34)25(32)35)17-11-18-13-33(15(2)16-7-8-16)26(36)23(18)20(12-17)40(37,38)28-3/h4-6,11-12,15-16,19,25,28,34-35H,7-10,13H2,1-3H3,(H,29,30,31)/t15-,19-,25?/m0/s1. The highest BCUT2D eigenvalue weighted by molar-refractivity contribution is 7.89. The van der Waals surface area contributed by atoms with E-state index in [-0.39, 0.29) is 22.4 Å². The van der Waals surface area contributed by atoms with Gasteiger partial charge in [-0.3, -0.25) is 4.79 Å². The number of benzene rings is 1. The van der Waals surface area contributed by atoms with Crippen LogP contribution in [0.25, 0.3) is 10.4 Å². The molecule has 1 unspecified atom stereocenters. The summed E-state index contributed by atoms with van der Waals surface area (Å²) in [6.45, 7) is 4.77. The van der Waals surface area contributed by atoms with Gasteiger partial charge in [0.2, 0.25) is 10.0 Å². The lowest BCUT2D eigenvalue weighted by Crippen LogP contribution is -2.35. The van der Waals surface area contributed by atoms with Crippen LogP contribution in [0.15, 0.2) is 35.2 Å². The molecule has 0 radical (unpaired) electrons. The fraction of sp³-hybridized carbons (Fsp3) is 0.444. The zero-order chi connectivity index (χ0) is 28.3. The molecule has 1 saturated heterocycles.